The Hall–Kier alpha value is -0.0100. The maximum atomic E-state index is 11.8. The molecule has 0 spiro atoms. The zero-order chi connectivity index (χ0) is 23.4. The highest BCUT2D eigenvalue weighted by atomic mass is 31.2. The van der Waals surface area contributed by atoms with E-state index in [4.69, 9.17) is 18.5 Å². The van der Waals surface area contributed by atoms with Crippen LogP contribution in [-0.2, 0) is 23.1 Å². The number of nitrogens with zero attached hydrogens (tertiary/aromatic N) is 1. The summed E-state index contributed by atoms with van der Waals surface area (Å²) < 4.78 is 33.1. The number of unbranched alkanes of at least 4 members (excludes halogenated alkanes) is 11. The van der Waals surface area contributed by atoms with Gasteiger partial charge in [0.1, 0.15) is 19.3 Å². The molecule has 31 heavy (non-hydrogen) atoms. The van der Waals surface area contributed by atoms with E-state index in [1.807, 2.05) is 21.1 Å². The second kappa shape index (κ2) is 19.5. The van der Waals surface area contributed by atoms with Crippen LogP contribution in [0.25, 0.3) is 0 Å². The molecule has 7 nitrogen and oxygen atoms in total. The van der Waals surface area contributed by atoms with Gasteiger partial charge in [-0.15, -0.1) is 0 Å². The molecular weight excluding hydrogens is 417 g/mol. The molecule has 0 aromatic heterocycles. The summed E-state index contributed by atoms with van der Waals surface area (Å²) >= 11 is 0. The maximum Gasteiger partial charge on any atom is 0.268 e. The standard InChI is InChI=1S/C23H50NO6P/c1-6-7-8-9-10-11-12-13-14-15-16-17-19-28-21-23(27-5)22-30-31(25,26)29-20-18-24(2,3)4/h23H,6-22H2,1-5H3/t23-/m1/s1. The average molecular weight is 468 g/mol. The third-order valence-electron chi connectivity index (χ3n) is 5.21. The van der Waals surface area contributed by atoms with Crippen molar-refractivity contribution in [2.45, 2.75) is 90.1 Å². The highest BCUT2D eigenvalue weighted by molar-refractivity contribution is 7.45. The number of phosphoric acid groups is 1. The molecule has 2 atom stereocenters. The van der Waals surface area contributed by atoms with Crippen LogP contribution in [0, 0.1) is 0 Å². The van der Waals surface area contributed by atoms with Gasteiger partial charge in [-0.25, -0.2) is 0 Å². The fourth-order valence-electron chi connectivity index (χ4n) is 3.08. The first-order chi connectivity index (χ1) is 14.7. The van der Waals surface area contributed by atoms with Crippen LogP contribution in [-0.4, -0.2) is 71.8 Å². The minimum Gasteiger partial charge on any atom is -0.756 e. The predicted molar refractivity (Wildman–Crippen MR) is 125 cm³/mol. The molecule has 0 rings (SSSR count). The molecule has 0 heterocycles. The molecule has 0 N–H and O–H groups in total. The van der Waals surface area contributed by atoms with Gasteiger partial charge in [-0.1, -0.05) is 77.6 Å². The van der Waals surface area contributed by atoms with Crippen LogP contribution in [0.15, 0.2) is 0 Å². The van der Waals surface area contributed by atoms with Gasteiger partial charge in [0.2, 0.25) is 0 Å². The summed E-state index contributed by atoms with van der Waals surface area (Å²) in [4.78, 5) is 11.8. The number of ether oxygens (including phenoxy) is 2. The Kier molecular flexibility index (Phi) is 19.5. The van der Waals surface area contributed by atoms with E-state index in [2.05, 4.69) is 6.92 Å². The summed E-state index contributed by atoms with van der Waals surface area (Å²) in [7, 11) is 3.11. The van der Waals surface area contributed by atoms with Crippen LogP contribution in [0.5, 0.6) is 0 Å². The van der Waals surface area contributed by atoms with Crippen LogP contribution in [0.2, 0.25) is 0 Å². The monoisotopic (exact) mass is 467 g/mol. The molecular formula is C23H50NO6P. The van der Waals surface area contributed by atoms with Crippen molar-refractivity contribution in [3.8, 4) is 0 Å². The normalized spacial score (nSPS) is 15.2. The number of hydrogen-bond donors (Lipinski definition) is 0. The predicted octanol–water partition coefficient (Wildman–Crippen LogP) is 4.93. The van der Waals surface area contributed by atoms with Crippen molar-refractivity contribution in [2.24, 2.45) is 0 Å². The Labute approximate surface area is 192 Å². The fraction of sp³-hybridized carbons (Fsp3) is 1.00. The average Bonchev–Trinajstić information content (AvgIpc) is 2.69. The summed E-state index contributed by atoms with van der Waals surface area (Å²) in [5.41, 5.74) is 0. The molecule has 0 radical (unpaired) electrons. The quantitative estimate of drug-likeness (QED) is 0.121. The van der Waals surface area contributed by atoms with E-state index in [0.29, 0.717) is 24.2 Å². The Balaban J connectivity index is 3.59. The first kappa shape index (κ1) is 31.0. The van der Waals surface area contributed by atoms with Crippen molar-refractivity contribution < 1.29 is 32.5 Å². The first-order valence-corrected chi connectivity index (χ1v) is 13.7. The van der Waals surface area contributed by atoms with Crippen molar-refractivity contribution in [3.63, 3.8) is 0 Å². The van der Waals surface area contributed by atoms with Crippen molar-refractivity contribution in [2.75, 3.05) is 61.2 Å². The lowest BCUT2D eigenvalue weighted by Crippen LogP contribution is -2.37. The topological polar surface area (TPSA) is 77.1 Å². The van der Waals surface area contributed by atoms with Crippen LogP contribution >= 0.6 is 7.82 Å². The molecule has 0 saturated heterocycles. The van der Waals surface area contributed by atoms with E-state index >= 15 is 0 Å². The van der Waals surface area contributed by atoms with E-state index in [9.17, 15) is 9.46 Å². The highest BCUT2D eigenvalue weighted by Crippen LogP contribution is 2.38. The molecule has 0 bridgehead atoms. The Morgan fingerprint density at radius 1 is 0.774 bits per heavy atom. The van der Waals surface area contributed by atoms with E-state index in [0.717, 1.165) is 6.42 Å². The van der Waals surface area contributed by atoms with Gasteiger partial charge < -0.3 is 27.9 Å². The molecule has 0 aliphatic carbocycles. The molecule has 0 saturated carbocycles. The van der Waals surface area contributed by atoms with Crippen molar-refractivity contribution in [1.29, 1.82) is 0 Å². The van der Waals surface area contributed by atoms with Gasteiger partial charge in [-0.3, -0.25) is 4.57 Å². The zero-order valence-corrected chi connectivity index (χ0v) is 21.8. The number of likely N-dealkylation sites (N-methyl/N-ethyl adjacent to an activating group) is 1. The van der Waals surface area contributed by atoms with E-state index < -0.39 is 13.9 Å². The summed E-state index contributed by atoms with van der Waals surface area (Å²) in [5, 5.41) is 0. The Morgan fingerprint density at radius 2 is 1.29 bits per heavy atom. The molecule has 0 aromatic rings. The fourth-order valence-corrected chi connectivity index (χ4v) is 3.81. The van der Waals surface area contributed by atoms with Gasteiger partial charge in [-0.05, 0) is 6.42 Å². The van der Waals surface area contributed by atoms with Crippen molar-refractivity contribution in [1.82, 2.24) is 0 Å². The third-order valence-corrected chi connectivity index (χ3v) is 6.17. The van der Waals surface area contributed by atoms with Crippen LogP contribution in [0.3, 0.4) is 0 Å². The maximum absolute atomic E-state index is 11.8. The summed E-state index contributed by atoms with van der Waals surface area (Å²) in [5.74, 6) is 0. The SMILES string of the molecule is CCCCCCCCCCCCCCOC[C@H](COP(=O)([O-])OCC[N+](C)(C)C)OC. The van der Waals surface area contributed by atoms with Crippen molar-refractivity contribution >= 4 is 7.82 Å². The molecule has 0 aromatic carbocycles. The first-order valence-electron chi connectivity index (χ1n) is 12.2. The molecule has 188 valence electrons. The number of hydrogen-bond acceptors (Lipinski definition) is 6. The zero-order valence-electron chi connectivity index (χ0n) is 20.9. The Morgan fingerprint density at radius 3 is 1.77 bits per heavy atom. The molecule has 0 amide bonds. The third kappa shape index (κ3) is 23.0. The summed E-state index contributed by atoms with van der Waals surface area (Å²) in [6.07, 6.45) is 15.3. The largest absolute Gasteiger partial charge is 0.756 e. The van der Waals surface area contributed by atoms with E-state index in [1.165, 1.54) is 77.7 Å². The van der Waals surface area contributed by atoms with E-state index in [-0.39, 0.29) is 13.2 Å². The van der Waals surface area contributed by atoms with Gasteiger partial charge in [-0.2, -0.15) is 0 Å². The lowest BCUT2D eigenvalue weighted by molar-refractivity contribution is -0.870. The lowest BCUT2D eigenvalue weighted by Gasteiger charge is -2.28. The van der Waals surface area contributed by atoms with Gasteiger partial charge in [0.15, 0.2) is 0 Å². The number of phosphoric ester groups is 1. The highest BCUT2D eigenvalue weighted by Gasteiger charge is 2.16. The second-order valence-electron chi connectivity index (χ2n) is 9.41. The number of rotatable bonds is 23. The smallest absolute Gasteiger partial charge is 0.268 e. The minimum atomic E-state index is -4.31. The second-order valence-corrected chi connectivity index (χ2v) is 10.8. The van der Waals surface area contributed by atoms with Gasteiger partial charge >= 0.3 is 0 Å². The number of quaternary nitrogens is 1. The lowest BCUT2D eigenvalue weighted by atomic mass is 10.1. The molecule has 8 heteroatoms. The van der Waals surface area contributed by atoms with Crippen LogP contribution in [0.4, 0.5) is 0 Å². The molecule has 1 unspecified atom stereocenters. The molecule has 0 fully saturated rings. The van der Waals surface area contributed by atoms with Crippen molar-refractivity contribution in [3.05, 3.63) is 0 Å². The Bertz CT molecular complexity index is 444. The van der Waals surface area contributed by atoms with E-state index in [1.54, 1.807) is 0 Å². The van der Waals surface area contributed by atoms with Crippen LogP contribution in [0.1, 0.15) is 84.0 Å². The van der Waals surface area contributed by atoms with Crippen LogP contribution < -0.4 is 4.89 Å². The summed E-state index contributed by atoms with van der Waals surface area (Å²) in [6.45, 7) is 3.80. The molecule has 0 aliphatic heterocycles. The van der Waals surface area contributed by atoms with Gasteiger partial charge in [0.25, 0.3) is 7.82 Å². The molecule has 0 aliphatic rings. The summed E-state index contributed by atoms with van der Waals surface area (Å²) in [6, 6.07) is 0. The van der Waals surface area contributed by atoms with Gasteiger partial charge in [0, 0.05) is 13.7 Å². The van der Waals surface area contributed by atoms with Gasteiger partial charge in [0.05, 0.1) is 34.4 Å². The minimum absolute atomic E-state index is 0.0946. The number of methoxy groups -OCH3 is 1.